The van der Waals surface area contributed by atoms with Gasteiger partial charge in [0.05, 0.1) is 0 Å². The molecule has 0 aliphatic heterocycles. The Morgan fingerprint density at radius 1 is 0.818 bits per heavy atom. The predicted molar refractivity (Wildman–Crippen MR) is 122 cm³/mol. The zero-order chi connectivity index (χ0) is 16.6. The van der Waals surface area contributed by atoms with Gasteiger partial charge in [-0.2, -0.15) is 9.98 Å². The van der Waals surface area contributed by atoms with Crippen LogP contribution in [0.4, 0.5) is 0 Å². The highest BCUT2D eigenvalue weighted by atomic mass is 127. The molecule has 0 saturated carbocycles. The molecule has 118 valence electrons. The number of nitrogens with zero attached hydrogens (tertiary/aromatic N) is 2. The zero-order valence-electron chi connectivity index (χ0n) is 11.4. The van der Waals surface area contributed by atoms with Gasteiger partial charge in [-0.05, 0) is 11.1 Å². The van der Waals surface area contributed by atoms with E-state index >= 15 is 0 Å². The van der Waals surface area contributed by atoms with Gasteiger partial charge in [0.15, 0.2) is 0 Å². The number of alkyl halides is 4. The molecular formula is C14H12I4N2O2. The van der Waals surface area contributed by atoms with Gasteiger partial charge in [0.25, 0.3) is 0 Å². The second-order valence-electron chi connectivity index (χ2n) is 4.58. The molecule has 1 rings (SSSR count). The number of isocyanates is 2. The first-order valence-corrected chi connectivity index (χ1v) is 12.2. The quantitative estimate of drug-likeness (QED) is 0.171. The summed E-state index contributed by atoms with van der Waals surface area (Å²) in [6.07, 6.45) is 3.39. The Morgan fingerprint density at radius 3 is 1.45 bits per heavy atom. The molecule has 0 fully saturated rings. The van der Waals surface area contributed by atoms with E-state index in [4.69, 9.17) is 0 Å². The van der Waals surface area contributed by atoms with Crippen molar-refractivity contribution in [2.24, 2.45) is 9.98 Å². The Kier molecular flexibility index (Phi) is 9.54. The third kappa shape index (κ3) is 4.50. The van der Waals surface area contributed by atoms with E-state index in [1.807, 2.05) is 24.3 Å². The number of carbonyl (C=O) groups excluding carboxylic acids is 2. The van der Waals surface area contributed by atoms with Gasteiger partial charge < -0.3 is 0 Å². The van der Waals surface area contributed by atoms with E-state index in [9.17, 15) is 9.59 Å². The molecule has 0 saturated heterocycles. The number of hydrogen-bond donors (Lipinski definition) is 0. The molecule has 0 spiro atoms. The SMILES string of the molecule is O=C=NC(CI)(CI)c1cccc(C(CI)(CI)N=C=O)c1. The number of hydrogen-bond acceptors (Lipinski definition) is 4. The van der Waals surface area contributed by atoms with Crippen molar-refractivity contribution < 1.29 is 9.59 Å². The summed E-state index contributed by atoms with van der Waals surface area (Å²) in [5.41, 5.74) is 0.702. The van der Waals surface area contributed by atoms with Crippen LogP contribution in [0.1, 0.15) is 11.1 Å². The van der Waals surface area contributed by atoms with Gasteiger partial charge in [0.2, 0.25) is 12.2 Å². The first-order valence-electron chi connectivity index (χ1n) is 6.11. The molecule has 0 unspecified atom stereocenters. The fourth-order valence-corrected chi connectivity index (χ4v) is 7.49. The average Bonchev–Trinajstić information content (AvgIpc) is 2.58. The van der Waals surface area contributed by atoms with Gasteiger partial charge in [-0.3, -0.25) is 0 Å². The van der Waals surface area contributed by atoms with E-state index in [2.05, 4.69) is 100 Å². The summed E-state index contributed by atoms with van der Waals surface area (Å²) in [5, 5.41) is 0. The summed E-state index contributed by atoms with van der Waals surface area (Å²) in [6, 6.07) is 7.83. The molecule has 8 heteroatoms. The maximum absolute atomic E-state index is 10.8. The molecule has 1 aromatic carbocycles. The lowest BCUT2D eigenvalue weighted by Gasteiger charge is -2.28. The summed E-state index contributed by atoms with van der Waals surface area (Å²) in [4.78, 5) is 29.8. The van der Waals surface area contributed by atoms with Gasteiger partial charge in [-0.15, -0.1) is 0 Å². The smallest absolute Gasteiger partial charge is 0.211 e. The summed E-state index contributed by atoms with van der Waals surface area (Å²) in [6.45, 7) is 0. The van der Waals surface area contributed by atoms with E-state index in [0.717, 1.165) is 11.1 Å². The second-order valence-corrected chi connectivity index (χ2v) is 7.64. The lowest BCUT2D eigenvalue weighted by Crippen LogP contribution is -2.31. The van der Waals surface area contributed by atoms with Crippen LogP contribution >= 0.6 is 90.4 Å². The van der Waals surface area contributed by atoms with Crippen molar-refractivity contribution in [3.8, 4) is 0 Å². The van der Waals surface area contributed by atoms with Crippen LogP contribution in [0.5, 0.6) is 0 Å². The Labute approximate surface area is 184 Å². The van der Waals surface area contributed by atoms with Gasteiger partial charge in [-0.1, -0.05) is 115 Å². The van der Waals surface area contributed by atoms with Crippen LogP contribution in [-0.2, 0) is 20.7 Å². The topological polar surface area (TPSA) is 58.9 Å². The van der Waals surface area contributed by atoms with Crippen LogP contribution in [0.3, 0.4) is 0 Å². The maximum atomic E-state index is 10.8. The van der Waals surface area contributed by atoms with Crippen LogP contribution in [0.15, 0.2) is 34.3 Å². The molecule has 4 nitrogen and oxygen atoms in total. The maximum Gasteiger partial charge on any atom is 0.235 e. The van der Waals surface area contributed by atoms with Crippen molar-refractivity contribution in [1.29, 1.82) is 0 Å². The fourth-order valence-electron chi connectivity index (χ4n) is 1.90. The first-order chi connectivity index (χ1) is 10.6. The standard InChI is InChI=1S/C14H12I4N2O2/c15-5-13(6-16,19-9-21)11-2-1-3-12(4-11)14(7-17,8-18)20-10-22/h1-4H,5-8H2. The minimum Gasteiger partial charge on any atom is -0.211 e. The molecule has 22 heavy (non-hydrogen) atoms. The van der Waals surface area contributed by atoms with Crippen molar-refractivity contribution in [3.05, 3.63) is 35.4 Å². The van der Waals surface area contributed by atoms with Crippen molar-refractivity contribution in [2.45, 2.75) is 11.1 Å². The summed E-state index contributed by atoms with van der Waals surface area (Å²) < 4.78 is 2.69. The van der Waals surface area contributed by atoms with Crippen molar-refractivity contribution in [3.63, 3.8) is 0 Å². The van der Waals surface area contributed by atoms with Gasteiger partial charge in [0, 0.05) is 17.7 Å². The molecule has 0 atom stereocenters. The Bertz CT molecular complexity index is 553. The summed E-state index contributed by atoms with van der Waals surface area (Å²) >= 11 is 8.92. The zero-order valence-corrected chi connectivity index (χ0v) is 20.0. The Morgan fingerprint density at radius 2 is 1.18 bits per heavy atom. The molecule has 0 aliphatic carbocycles. The van der Waals surface area contributed by atoms with Crippen LogP contribution in [0.2, 0.25) is 0 Å². The van der Waals surface area contributed by atoms with Crippen LogP contribution in [-0.4, -0.2) is 29.9 Å². The molecule has 0 aliphatic rings. The first kappa shape index (κ1) is 20.9. The van der Waals surface area contributed by atoms with E-state index in [0.29, 0.717) is 17.7 Å². The molecule has 1 aromatic rings. The fraction of sp³-hybridized carbons (Fsp3) is 0.429. The van der Waals surface area contributed by atoms with E-state index in [1.54, 1.807) is 12.2 Å². The van der Waals surface area contributed by atoms with Crippen LogP contribution in [0, 0.1) is 0 Å². The Hall–Kier alpha value is 0.900. The van der Waals surface area contributed by atoms with E-state index in [-0.39, 0.29) is 0 Å². The van der Waals surface area contributed by atoms with Crippen molar-refractivity contribution in [1.82, 2.24) is 0 Å². The lowest BCUT2D eigenvalue weighted by molar-refractivity contribution is 0.532. The highest BCUT2D eigenvalue weighted by Crippen LogP contribution is 2.36. The monoisotopic (exact) mass is 748 g/mol. The van der Waals surface area contributed by atoms with Crippen LogP contribution < -0.4 is 0 Å². The second kappa shape index (κ2) is 10.0. The molecule has 0 heterocycles. The largest absolute Gasteiger partial charge is 0.235 e. The minimum atomic E-state index is -0.591. The van der Waals surface area contributed by atoms with Gasteiger partial charge in [-0.25, -0.2) is 9.59 Å². The summed E-state index contributed by atoms with van der Waals surface area (Å²) in [7, 11) is 0. The average molecular weight is 748 g/mol. The third-order valence-electron chi connectivity index (χ3n) is 3.34. The van der Waals surface area contributed by atoms with Gasteiger partial charge >= 0.3 is 0 Å². The molecule has 0 N–H and O–H groups in total. The number of halogens is 4. The predicted octanol–water partition coefficient (Wildman–Crippen LogP) is 4.49. The molecule has 0 aromatic heterocycles. The van der Waals surface area contributed by atoms with Crippen molar-refractivity contribution >= 4 is 103 Å². The highest BCUT2D eigenvalue weighted by Gasteiger charge is 2.34. The van der Waals surface area contributed by atoms with E-state index < -0.39 is 11.1 Å². The normalized spacial score (nSPS) is 11.5. The van der Waals surface area contributed by atoms with Crippen molar-refractivity contribution in [2.75, 3.05) is 17.7 Å². The molecule has 0 bridgehead atoms. The van der Waals surface area contributed by atoms with Crippen LogP contribution in [0.25, 0.3) is 0 Å². The number of aliphatic imine (C=N–C) groups is 2. The molecular weight excluding hydrogens is 736 g/mol. The summed E-state index contributed by atoms with van der Waals surface area (Å²) in [5.74, 6) is 0. The Balaban J connectivity index is 3.51. The molecule has 0 radical (unpaired) electrons. The molecule has 0 amide bonds. The van der Waals surface area contributed by atoms with E-state index in [1.165, 1.54) is 0 Å². The highest BCUT2D eigenvalue weighted by molar-refractivity contribution is 14.1. The number of rotatable bonds is 8. The lowest BCUT2D eigenvalue weighted by atomic mass is 9.88. The third-order valence-corrected chi connectivity index (χ3v) is 8.39. The number of benzene rings is 1. The van der Waals surface area contributed by atoms with Gasteiger partial charge in [0.1, 0.15) is 11.1 Å². The minimum absolute atomic E-state index is 0.591.